The van der Waals surface area contributed by atoms with Crippen molar-refractivity contribution in [2.75, 3.05) is 0 Å². The topological polar surface area (TPSA) is 104 Å². The van der Waals surface area contributed by atoms with Crippen LogP contribution in [0, 0.1) is 0 Å². The standard InChI is InChI=1S/C13H28N4/c14-10-5-1-3-7-12(10,16)9-13(17)8-4-2-6-11(13)15/h10-11H,1-9,14-17H2. The van der Waals surface area contributed by atoms with Gasteiger partial charge in [-0.2, -0.15) is 0 Å². The van der Waals surface area contributed by atoms with Gasteiger partial charge in [0, 0.05) is 23.2 Å². The van der Waals surface area contributed by atoms with E-state index in [1.807, 2.05) is 0 Å². The molecule has 8 N–H and O–H groups in total. The largest absolute Gasteiger partial charge is 0.326 e. The van der Waals surface area contributed by atoms with E-state index < -0.39 is 0 Å². The Bertz CT molecular complexity index is 244. The summed E-state index contributed by atoms with van der Waals surface area (Å²) in [4.78, 5) is 0. The van der Waals surface area contributed by atoms with E-state index in [0.717, 1.165) is 32.1 Å². The van der Waals surface area contributed by atoms with Gasteiger partial charge in [-0.3, -0.25) is 0 Å². The summed E-state index contributed by atoms with van der Waals surface area (Å²) in [5, 5.41) is 0. The first-order valence-corrected chi connectivity index (χ1v) is 7.05. The smallest absolute Gasteiger partial charge is 0.0325 e. The summed E-state index contributed by atoms with van der Waals surface area (Å²) in [5.74, 6) is 0. The summed E-state index contributed by atoms with van der Waals surface area (Å²) in [6.07, 6.45) is 9.60. The summed E-state index contributed by atoms with van der Waals surface area (Å²) in [6.45, 7) is 0. The Hall–Kier alpha value is -0.160. The van der Waals surface area contributed by atoms with Crippen molar-refractivity contribution >= 4 is 0 Å². The predicted molar refractivity (Wildman–Crippen MR) is 71.3 cm³/mol. The molecule has 2 aliphatic rings. The average Bonchev–Trinajstić information content (AvgIpc) is 2.27. The van der Waals surface area contributed by atoms with Crippen LogP contribution in [0.4, 0.5) is 0 Å². The van der Waals surface area contributed by atoms with E-state index in [1.165, 1.54) is 25.7 Å². The fourth-order valence-electron chi connectivity index (χ4n) is 3.63. The van der Waals surface area contributed by atoms with Gasteiger partial charge < -0.3 is 22.9 Å². The SMILES string of the molecule is NC1CCCCC1(N)CC1(N)CCCCC1N. The Labute approximate surface area is 104 Å². The van der Waals surface area contributed by atoms with Gasteiger partial charge in [-0.1, -0.05) is 25.7 Å². The number of nitrogens with two attached hydrogens (primary N) is 4. The second-order valence-electron chi connectivity index (χ2n) is 6.35. The molecule has 17 heavy (non-hydrogen) atoms. The first-order chi connectivity index (χ1) is 7.96. The van der Waals surface area contributed by atoms with Gasteiger partial charge in [-0.25, -0.2) is 0 Å². The maximum absolute atomic E-state index is 6.52. The van der Waals surface area contributed by atoms with Crippen LogP contribution in [0.3, 0.4) is 0 Å². The molecule has 4 unspecified atom stereocenters. The third-order valence-electron chi connectivity index (χ3n) is 4.95. The van der Waals surface area contributed by atoms with Crippen molar-refractivity contribution in [3.05, 3.63) is 0 Å². The molecule has 0 heterocycles. The minimum Gasteiger partial charge on any atom is -0.326 e. The van der Waals surface area contributed by atoms with Gasteiger partial charge in [0.15, 0.2) is 0 Å². The molecule has 4 nitrogen and oxygen atoms in total. The van der Waals surface area contributed by atoms with Gasteiger partial charge in [0.25, 0.3) is 0 Å². The highest BCUT2D eigenvalue weighted by Crippen LogP contribution is 2.37. The molecule has 2 aliphatic carbocycles. The molecule has 0 aromatic heterocycles. The summed E-state index contributed by atoms with van der Waals surface area (Å²) >= 11 is 0. The quantitative estimate of drug-likeness (QED) is 0.566. The van der Waals surface area contributed by atoms with Gasteiger partial charge in [0.2, 0.25) is 0 Å². The van der Waals surface area contributed by atoms with Crippen LogP contribution >= 0.6 is 0 Å². The summed E-state index contributed by atoms with van der Waals surface area (Å²) in [6, 6.07) is 0.177. The van der Waals surface area contributed by atoms with Crippen molar-refractivity contribution in [1.82, 2.24) is 0 Å². The molecule has 0 spiro atoms. The second kappa shape index (κ2) is 4.84. The van der Waals surface area contributed by atoms with Gasteiger partial charge >= 0.3 is 0 Å². The number of rotatable bonds is 2. The van der Waals surface area contributed by atoms with E-state index in [2.05, 4.69) is 0 Å². The van der Waals surface area contributed by atoms with Gasteiger partial charge in [-0.15, -0.1) is 0 Å². The second-order valence-corrected chi connectivity index (χ2v) is 6.35. The van der Waals surface area contributed by atoms with Crippen molar-refractivity contribution in [2.24, 2.45) is 22.9 Å². The van der Waals surface area contributed by atoms with Crippen molar-refractivity contribution < 1.29 is 0 Å². The fourth-order valence-corrected chi connectivity index (χ4v) is 3.63. The predicted octanol–water partition coefficient (Wildman–Crippen LogP) is 0.574. The lowest BCUT2D eigenvalue weighted by atomic mass is 9.66. The first-order valence-electron chi connectivity index (χ1n) is 7.05. The van der Waals surface area contributed by atoms with Gasteiger partial charge in [0.1, 0.15) is 0 Å². The van der Waals surface area contributed by atoms with Crippen molar-refractivity contribution in [3.63, 3.8) is 0 Å². The molecule has 0 bridgehead atoms. The number of hydrogen-bond acceptors (Lipinski definition) is 4. The Balaban J connectivity index is 2.07. The molecule has 2 rings (SSSR count). The number of hydrogen-bond donors (Lipinski definition) is 4. The Kier molecular flexibility index (Phi) is 3.78. The molecule has 4 heteroatoms. The molecular weight excluding hydrogens is 212 g/mol. The van der Waals surface area contributed by atoms with Crippen molar-refractivity contribution in [1.29, 1.82) is 0 Å². The maximum Gasteiger partial charge on any atom is 0.0325 e. The van der Waals surface area contributed by atoms with E-state index >= 15 is 0 Å². The third kappa shape index (κ3) is 2.65. The van der Waals surface area contributed by atoms with Crippen LogP contribution in [0.1, 0.15) is 57.8 Å². The van der Waals surface area contributed by atoms with E-state index in [1.54, 1.807) is 0 Å². The average molecular weight is 240 g/mol. The highest BCUT2D eigenvalue weighted by molar-refractivity contribution is 5.08. The maximum atomic E-state index is 6.52. The van der Waals surface area contributed by atoms with E-state index in [9.17, 15) is 0 Å². The molecule has 0 aromatic rings. The van der Waals surface area contributed by atoms with Crippen LogP contribution in [0.2, 0.25) is 0 Å². The van der Waals surface area contributed by atoms with Crippen LogP contribution in [0.15, 0.2) is 0 Å². The molecule has 2 saturated carbocycles. The van der Waals surface area contributed by atoms with Crippen LogP contribution in [0.25, 0.3) is 0 Å². The molecule has 0 aliphatic heterocycles. The first kappa shape index (κ1) is 13.3. The summed E-state index contributed by atoms with van der Waals surface area (Å²) in [7, 11) is 0. The van der Waals surface area contributed by atoms with Crippen LogP contribution < -0.4 is 22.9 Å². The lowest BCUT2D eigenvalue weighted by molar-refractivity contribution is 0.142. The third-order valence-corrected chi connectivity index (χ3v) is 4.95. The van der Waals surface area contributed by atoms with E-state index in [0.29, 0.717) is 0 Å². The normalized spacial score (nSPS) is 48.0. The van der Waals surface area contributed by atoms with Crippen molar-refractivity contribution in [3.8, 4) is 0 Å². The minimum absolute atomic E-state index is 0.0887. The lowest BCUT2D eigenvalue weighted by Crippen LogP contribution is -2.67. The minimum atomic E-state index is -0.290. The Morgan fingerprint density at radius 1 is 0.765 bits per heavy atom. The van der Waals surface area contributed by atoms with E-state index in [4.69, 9.17) is 22.9 Å². The Morgan fingerprint density at radius 3 is 1.53 bits per heavy atom. The van der Waals surface area contributed by atoms with Gasteiger partial charge in [-0.05, 0) is 32.1 Å². The van der Waals surface area contributed by atoms with Crippen molar-refractivity contribution in [2.45, 2.75) is 80.9 Å². The highest BCUT2D eigenvalue weighted by Gasteiger charge is 2.44. The van der Waals surface area contributed by atoms with Gasteiger partial charge in [0.05, 0.1) is 0 Å². The van der Waals surface area contributed by atoms with Crippen LogP contribution in [0.5, 0.6) is 0 Å². The zero-order valence-corrected chi connectivity index (χ0v) is 10.8. The summed E-state index contributed by atoms with van der Waals surface area (Å²) in [5.41, 5.74) is 24.9. The molecule has 0 radical (unpaired) electrons. The zero-order chi connectivity index (χ0) is 12.5. The van der Waals surface area contributed by atoms with Crippen LogP contribution in [-0.4, -0.2) is 23.2 Å². The molecular formula is C13H28N4. The van der Waals surface area contributed by atoms with E-state index in [-0.39, 0.29) is 23.2 Å². The fraction of sp³-hybridized carbons (Fsp3) is 1.00. The highest BCUT2D eigenvalue weighted by atomic mass is 14.9. The monoisotopic (exact) mass is 240 g/mol. The molecule has 4 atom stereocenters. The zero-order valence-electron chi connectivity index (χ0n) is 10.8. The molecule has 2 fully saturated rings. The Morgan fingerprint density at radius 2 is 1.18 bits per heavy atom. The molecule has 100 valence electrons. The van der Waals surface area contributed by atoms with Crippen LogP contribution in [-0.2, 0) is 0 Å². The molecule has 0 saturated heterocycles. The lowest BCUT2D eigenvalue weighted by Gasteiger charge is -2.48. The summed E-state index contributed by atoms with van der Waals surface area (Å²) < 4.78 is 0. The molecule has 0 aromatic carbocycles. The molecule has 0 amide bonds.